The van der Waals surface area contributed by atoms with E-state index in [-0.39, 0.29) is 0 Å². The van der Waals surface area contributed by atoms with Gasteiger partial charge in [-0.15, -0.1) is 0 Å². The van der Waals surface area contributed by atoms with Crippen molar-refractivity contribution in [1.82, 2.24) is 15.3 Å². The number of H-pyrrole nitrogens is 1. The second-order valence-electron chi connectivity index (χ2n) is 8.92. The Hall–Kier alpha value is -2.91. The molecule has 3 aromatic carbocycles. The molecule has 0 unspecified atom stereocenters. The number of imidazole rings is 1. The summed E-state index contributed by atoms with van der Waals surface area (Å²) in [7, 11) is 0. The molecule has 31 heavy (non-hydrogen) atoms. The Kier molecular flexibility index (Phi) is 5.86. The molecule has 4 aromatic rings. The Morgan fingerprint density at radius 1 is 0.871 bits per heavy atom. The molecule has 0 spiro atoms. The third kappa shape index (κ3) is 4.57. The van der Waals surface area contributed by atoms with Crippen LogP contribution in [0.4, 0.5) is 0 Å². The monoisotopic (exact) mass is 409 g/mol. The molecule has 0 amide bonds. The zero-order valence-corrected chi connectivity index (χ0v) is 18.3. The minimum Gasteiger partial charge on any atom is -0.342 e. The highest BCUT2D eigenvalue weighted by Gasteiger charge is 2.13. The number of aryl methyl sites for hydroxylation is 1. The average molecular weight is 410 g/mol. The summed E-state index contributed by atoms with van der Waals surface area (Å²) in [6, 6.07) is 24.2. The first kappa shape index (κ1) is 20.0. The maximum absolute atomic E-state index is 4.50. The van der Waals surface area contributed by atoms with E-state index in [9.17, 15) is 0 Å². The third-order valence-electron chi connectivity index (χ3n) is 6.62. The summed E-state index contributed by atoms with van der Waals surface area (Å²) in [5.74, 6) is 1.81. The molecule has 1 fully saturated rings. The summed E-state index contributed by atoms with van der Waals surface area (Å²) < 4.78 is 0. The molecule has 1 aliphatic carbocycles. The van der Waals surface area contributed by atoms with Gasteiger partial charge in [-0.2, -0.15) is 0 Å². The molecule has 3 heteroatoms. The fourth-order valence-electron chi connectivity index (χ4n) is 4.92. The van der Waals surface area contributed by atoms with Gasteiger partial charge in [0.05, 0.1) is 11.0 Å². The number of benzene rings is 3. The number of hydrogen-bond donors (Lipinski definition) is 2. The lowest BCUT2D eigenvalue weighted by Crippen LogP contribution is -2.24. The van der Waals surface area contributed by atoms with E-state index < -0.39 is 0 Å². The van der Waals surface area contributed by atoms with Gasteiger partial charge in [-0.25, -0.2) is 4.98 Å². The van der Waals surface area contributed by atoms with E-state index in [4.69, 9.17) is 0 Å². The van der Waals surface area contributed by atoms with Crippen molar-refractivity contribution in [2.24, 2.45) is 5.92 Å². The van der Waals surface area contributed by atoms with Gasteiger partial charge in [-0.1, -0.05) is 73.9 Å². The van der Waals surface area contributed by atoms with Crippen molar-refractivity contribution in [2.45, 2.75) is 45.6 Å². The van der Waals surface area contributed by atoms with E-state index in [1.165, 1.54) is 59.9 Å². The summed E-state index contributed by atoms with van der Waals surface area (Å²) >= 11 is 0. The predicted octanol–water partition coefficient (Wildman–Crippen LogP) is 6.88. The quantitative estimate of drug-likeness (QED) is 0.364. The molecule has 1 aromatic heterocycles. The van der Waals surface area contributed by atoms with Crippen LogP contribution in [-0.2, 0) is 6.54 Å². The molecule has 1 aliphatic rings. The van der Waals surface area contributed by atoms with Crippen LogP contribution < -0.4 is 5.32 Å². The maximum Gasteiger partial charge on any atom is 0.104 e. The first-order chi connectivity index (χ1) is 15.3. The van der Waals surface area contributed by atoms with Crippen LogP contribution >= 0.6 is 0 Å². The van der Waals surface area contributed by atoms with Gasteiger partial charge in [-0.3, -0.25) is 0 Å². The van der Waals surface area contributed by atoms with Crippen LogP contribution in [0.5, 0.6) is 0 Å². The van der Waals surface area contributed by atoms with Gasteiger partial charge < -0.3 is 10.3 Å². The molecule has 2 N–H and O–H groups in total. The maximum atomic E-state index is 4.50. The SMILES string of the molecule is Cc1nc2ccc(-c3ccc(-c4ccccc4CNCC4CCCCC4)cc3)cc2[nH]1. The highest BCUT2D eigenvalue weighted by Crippen LogP contribution is 2.29. The lowest BCUT2D eigenvalue weighted by Gasteiger charge is -2.22. The van der Waals surface area contributed by atoms with Crippen LogP contribution in [0.3, 0.4) is 0 Å². The molecule has 5 rings (SSSR count). The molecule has 0 bridgehead atoms. The van der Waals surface area contributed by atoms with E-state index in [1.807, 2.05) is 6.92 Å². The Balaban J connectivity index is 1.32. The first-order valence-corrected chi connectivity index (χ1v) is 11.6. The van der Waals surface area contributed by atoms with Gasteiger partial charge in [0.15, 0.2) is 0 Å². The van der Waals surface area contributed by atoms with Crippen molar-refractivity contribution >= 4 is 11.0 Å². The van der Waals surface area contributed by atoms with Crippen molar-refractivity contribution in [1.29, 1.82) is 0 Å². The largest absolute Gasteiger partial charge is 0.342 e. The Morgan fingerprint density at radius 3 is 2.45 bits per heavy atom. The zero-order valence-electron chi connectivity index (χ0n) is 18.3. The van der Waals surface area contributed by atoms with Crippen molar-refractivity contribution in [3.8, 4) is 22.3 Å². The van der Waals surface area contributed by atoms with Gasteiger partial charge in [0.1, 0.15) is 5.82 Å². The van der Waals surface area contributed by atoms with Gasteiger partial charge in [0, 0.05) is 6.54 Å². The summed E-state index contributed by atoms with van der Waals surface area (Å²) in [5, 5.41) is 3.73. The highest BCUT2D eigenvalue weighted by atomic mass is 14.9. The van der Waals surface area contributed by atoms with Crippen molar-refractivity contribution in [3.05, 3.63) is 78.1 Å². The number of aromatic amines is 1. The molecule has 0 saturated heterocycles. The number of aromatic nitrogens is 2. The van der Waals surface area contributed by atoms with Crippen molar-refractivity contribution in [3.63, 3.8) is 0 Å². The van der Waals surface area contributed by atoms with Crippen LogP contribution in [0.1, 0.15) is 43.5 Å². The normalized spacial score (nSPS) is 14.9. The highest BCUT2D eigenvalue weighted by molar-refractivity contribution is 5.82. The topological polar surface area (TPSA) is 40.7 Å². The van der Waals surface area contributed by atoms with E-state index in [0.717, 1.165) is 35.9 Å². The standard InChI is InChI=1S/C28H31N3/c1-20-30-27-16-15-24(17-28(27)31-20)22-11-13-23(14-12-22)26-10-6-5-9-25(26)19-29-18-21-7-3-2-4-8-21/h5-6,9-17,21,29H,2-4,7-8,18-19H2,1H3,(H,30,31). The molecular weight excluding hydrogens is 378 g/mol. The molecule has 1 saturated carbocycles. The molecular formula is C28H31N3. The molecule has 3 nitrogen and oxygen atoms in total. The van der Waals surface area contributed by atoms with Crippen molar-refractivity contribution < 1.29 is 0 Å². The van der Waals surface area contributed by atoms with Crippen LogP contribution in [-0.4, -0.2) is 16.5 Å². The fraction of sp³-hybridized carbons (Fsp3) is 0.321. The lowest BCUT2D eigenvalue weighted by atomic mass is 9.89. The van der Waals surface area contributed by atoms with Crippen LogP contribution in [0.15, 0.2) is 66.7 Å². The van der Waals surface area contributed by atoms with Gasteiger partial charge in [0.2, 0.25) is 0 Å². The number of nitrogens with one attached hydrogen (secondary N) is 2. The Labute approximate surface area is 184 Å². The first-order valence-electron chi connectivity index (χ1n) is 11.6. The van der Waals surface area contributed by atoms with Gasteiger partial charge in [-0.05, 0) is 72.2 Å². The summed E-state index contributed by atoms with van der Waals surface area (Å²) in [4.78, 5) is 7.84. The number of hydrogen-bond acceptors (Lipinski definition) is 2. The second-order valence-corrected chi connectivity index (χ2v) is 8.92. The van der Waals surface area contributed by atoms with Crippen LogP contribution in [0.2, 0.25) is 0 Å². The number of fused-ring (bicyclic) bond motifs is 1. The molecule has 158 valence electrons. The molecule has 0 radical (unpaired) electrons. The second kappa shape index (κ2) is 9.07. The molecule has 0 atom stereocenters. The minimum absolute atomic E-state index is 0.858. The van der Waals surface area contributed by atoms with Gasteiger partial charge >= 0.3 is 0 Å². The third-order valence-corrected chi connectivity index (χ3v) is 6.62. The summed E-state index contributed by atoms with van der Waals surface area (Å²) in [6.07, 6.45) is 7.01. The van der Waals surface area contributed by atoms with Crippen LogP contribution in [0.25, 0.3) is 33.3 Å². The Bertz CT molecular complexity index is 1150. The number of rotatable bonds is 6. The summed E-state index contributed by atoms with van der Waals surface area (Å²) in [6.45, 7) is 4.07. The smallest absolute Gasteiger partial charge is 0.104 e. The van der Waals surface area contributed by atoms with E-state index in [0.29, 0.717) is 0 Å². The van der Waals surface area contributed by atoms with E-state index in [2.05, 4.69) is 82.0 Å². The van der Waals surface area contributed by atoms with Crippen molar-refractivity contribution in [2.75, 3.05) is 6.54 Å². The zero-order chi connectivity index (χ0) is 21.0. The molecule has 1 heterocycles. The average Bonchev–Trinajstić information content (AvgIpc) is 3.19. The molecule has 0 aliphatic heterocycles. The fourth-order valence-corrected chi connectivity index (χ4v) is 4.92. The van der Waals surface area contributed by atoms with E-state index in [1.54, 1.807) is 0 Å². The van der Waals surface area contributed by atoms with E-state index >= 15 is 0 Å². The van der Waals surface area contributed by atoms with Gasteiger partial charge in [0.25, 0.3) is 0 Å². The lowest BCUT2D eigenvalue weighted by molar-refractivity contribution is 0.342. The van der Waals surface area contributed by atoms with Crippen LogP contribution in [0, 0.1) is 12.8 Å². The minimum atomic E-state index is 0.858. The Morgan fingerprint density at radius 2 is 1.61 bits per heavy atom. The summed E-state index contributed by atoms with van der Waals surface area (Å²) in [5.41, 5.74) is 8.53. The predicted molar refractivity (Wildman–Crippen MR) is 130 cm³/mol. The number of nitrogens with zero attached hydrogens (tertiary/aromatic N) is 1.